The molecule has 0 atom stereocenters. The summed E-state index contributed by atoms with van der Waals surface area (Å²) in [6, 6.07) is 6.03. The highest BCUT2D eigenvalue weighted by atomic mass is 35.5. The Morgan fingerprint density at radius 1 is 1.22 bits per heavy atom. The van der Waals surface area contributed by atoms with E-state index in [0.29, 0.717) is 5.56 Å². The number of carbonyl (C=O) groups is 2. The molecular weight excluding hydrogens is 455 g/mol. The maximum absolute atomic E-state index is 13.2. The number of carbonyl (C=O) groups excluding carboxylic acids is 2. The van der Waals surface area contributed by atoms with Crippen molar-refractivity contribution in [1.29, 1.82) is 5.26 Å². The molecule has 0 fully saturated rings. The minimum atomic E-state index is -0.780. The van der Waals surface area contributed by atoms with Gasteiger partial charge in [-0.05, 0) is 44.9 Å². The van der Waals surface area contributed by atoms with Crippen LogP contribution in [0.1, 0.15) is 62.2 Å². The Hall–Kier alpha value is -2.89. The summed E-state index contributed by atoms with van der Waals surface area (Å²) < 4.78 is 6.43. The van der Waals surface area contributed by atoms with Gasteiger partial charge in [0, 0.05) is 12.6 Å². The first-order valence-electron chi connectivity index (χ1n) is 9.76. The molecule has 10 heteroatoms. The third-order valence-corrected chi connectivity index (χ3v) is 4.95. The van der Waals surface area contributed by atoms with Crippen LogP contribution in [0.2, 0.25) is 10.0 Å². The number of anilines is 1. The molecule has 0 N–H and O–H groups in total. The lowest BCUT2D eigenvalue weighted by atomic mass is 10.0. The Morgan fingerprint density at radius 2 is 1.78 bits per heavy atom. The van der Waals surface area contributed by atoms with E-state index in [2.05, 4.69) is 5.10 Å². The van der Waals surface area contributed by atoms with Gasteiger partial charge in [-0.1, -0.05) is 37.0 Å². The highest BCUT2D eigenvalue weighted by Crippen LogP contribution is 2.33. The molecule has 2 rings (SSSR count). The monoisotopic (exact) mass is 478 g/mol. The first kappa shape index (κ1) is 25.4. The van der Waals surface area contributed by atoms with Crippen molar-refractivity contribution in [3.8, 4) is 6.07 Å². The van der Waals surface area contributed by atoms with Crippen LogP contribution in [0.4, 0.5) is 10.5 Å². The zero-order chi connectivity index (χ0) is 24.4. The molecule has 0 aliphatic heterocycles. The van der Waals surface area contributed by atoms with Crippen LogP contribution in [0.15, 0.2) is 23.0 Å². The van der Waals surface area contributed by atoms with Crippen LogP contribution >= 0.6 is 23.2 Å². The third kappa shape index (κ3) is 5.67. The predicted octanol–water partition coefficient (Wildman–Crippen LogP) is 4.71. The number of hydrogen-bond acceptors (Lipinski definition) is 6. The van der Waals surface area contributed by atoms with Crippen molar-refractivity contribution in [1.82, 2.24) is 9.78 Å². The van der Waals surface area contributed by atoms with Gasteiger partial charge in [-0.3, -0.25) is 14.5 Å². The van der Waals surface area contributed by atoms with Gasteiger partial charge in [0.2, 0.25) is 5.78 Å². The number of rotatable bonds is 5. The minimum Gasteiger partial charge on any atom is -0.443 e. The number of aromatic nitrogens is 2. The summed E-state index contributed by atoms with van der Waals surface area (Å²) in [4.78, 5) is 39.0. The van der Waals surface area contributed by atoms with Crippen LogP contribution in [-0.4, -0.2) is 33.8 Å². The molecule has 1 aromatic carbocycles. The van der Waals surface area contributed by atoms with E-state index in [0.717, 1.165) is 9.58 Å². The van der Waals surface area contributed by atoms with Gasteiger partial charge in [-0.2, -0.15) is 10.4 Å². The van der Waals surface area contributed by atoms with Crippen molar-refractivity contribution in [2.24, 2.45) is 7.05 Å². The van der Waals surface area contributed by atoms with Gasteiger partial charge < -0.3 is 4.74 Å². The van der Waals surface area contributed by atoms with E-state index in [9.17, 15) is 14.4 Å². The number of ketones is 1. The predicted molar refractivity (Wildman–Crippen MR) is 123 cm³/mol. The zero-order valence-electron chi connectivity index (χ0n) is 18.7. The molecule has 8 nitrogen and oxygen atoms in total. The molecule has 0 spiro atoms. The Bertz CT molecular complexity index is 1140. The van der Waals surface area contributed by atoms with E-state index in [1.807, 2.05) is 19.9 Å². The number of hydrogen-bond donors (Lipinski definition) is 0. The molecule has 0 saturated carbocycles. The average Bonchev–Trinajstić information content (AvgIpc) is 2.65. The second kappa shape index (κ2) is 9.72. The van der Waals surface area contributed by atoms with E-state index >= 15 is 0 Å². The topological polar surface area (TPSA) is 105 Å². The number of ether oxygens (including phenoxy) is 1. The molecule has 2 aromatic rings. The third-order valence-electron chi connectivity index (χ3n) is 4.35. The molecule has 0 aliphatic rings. The number of aryl methyl sites for hydroxylation is 1. The minimum absolute atomic E-state index is 0.00775. The Morgan fingerprint density at radius 3 is 2.25 bits per heavy atom. The van der Waals surface area contributed by atoms with Crippen LogP contribution in [0, 0.1) is 11.3 Å². The molecule has 170 valence electrons. The van der Waals surface area contributed by atoms with Crippen LogP contribution < -0.4 is 10.5 Å². The quantitative estimate of drug-likeness (QED) is 0.455. The molecule has 32 heavy (non-hydrogen) atoms. The van der Waals surface area contributed by atoms with Crippen LogP contribution in [0.5, 0.6) is 0 Å². The lowest BCUT2D eigenvalue weighted by Crippen LogP contribution is -2.37. The Balaban J connectivity index is 2.53. The van der Waals surface area contributed by atoms with E-state index in [4.69, 9.17) is 33.2 Å². The van der Waals surface area contributed by atoms with Gasteiger partial charge in [-0.25, -0.2) is 9.48 Å². The second-order valence-electron chi connectivity index (χ2n) is 8.41. The summed E-state index contributed by atoms with van der Waals surface area (Å²) in [6.07, 6.45) is -0.758. The van der Waals surface area contributed by atoms with Gasteiger partial charge in [0.25, 0.3) is 5.56 Å². The fourth-order valence-corrected chi connectivity index (χ4v) is 3.51. The van der Waals surface area contributed by atoms with Gasteiger partial charge in [0.1, 0.15) is 17.8 Å². The van der Waals surface area contributed by atoms with Gasteiger partial charge in [0.15, 0.2) is 0 Å². The number of amides is 1. The fourth-order valence-electron chi connectivity index (χ4n) is 2.87. The normalized spacial score (nSPS) is 11.2. The number of nitriles is 1. The highest BCUT2D eigenvalue weighted by Gasteiger charge is 2.27. The largest absolute Gasteiger partial charge is 0.443 e. The average molecular weight is 479 g/mol. The molecule has 1 aromatic heterocycles. The maximum Gasteiger partial charge on any atom is 0.415 e. The van der Waals surface area contributed by atoms with Crippen molar-refractivity contribution in [2.75, 3.05) is 11.4 Å². The molecule has 0 radical (unpaired) electrons. The number of halogens is 2. The van der Waals surface area contributed by atoms with Crippen molar-refractivity contribution < 1.29 is 14.3 Å². The van der Waals surface area contributed by atoms with E-state index in [-0.39, 0.29) is 45.0 Å². The summed E-state index contributed by atoms with van der Waals surface area (Å²) in [5, 5.41) is 13.1. The van der Waals surface area contributed by atoms with Gasteiger partial charge in [0.05, 0.1) is 27.4 Å². The lowest BCUT2D eigenvalue weighted by Gasteiger charge is -2.26. The van der Waals surface area contributed by atoms with Crippen LogP contribution in [-0.2, 0) is 11.8 Å². The Labute approximate surface area is 196 Å². The van der Waals surface area contributed by atoms with Gasteiger partial charge in [-0.15, -0.1) is 0 Å². The maximum atomic E-state index is 13.2. The SMILES string of the molecule is CC(C)c1cc(C(=O)c2c(Cl)cc(N(CC#N)C(=O)OC(C)(C)C)cc2Cl)nn(C)c1=O. The molecule has 1 amide bonds. The summed E-state index contributed by atoms with van der Waals surface area (Å²) in [6.45, 7) is 8.45. The summed E-state index contributed by atoms with van der Waals surface area (Å²) >= 11 is 12.7. The molecule has 0 saturated heterocycles. The highest BCUT2D eigenvalue weighted by molar-refractivity contribution is 6.41. The number of nitrogens with zero attached hydrogens (tertiary/aromatic N) is 4. The standard InChI is InChI=1S/C22H24Cl2N4O4/c1-12(2)14-11-17(26-27(6)20(14)30)19(29)18-15(23)9-13(10-16(18)24)28(8-7-25)21(31)32-22(3,4)5/h9-12H,8H2,1-6H3. The number of benzene rings is 1. The molecule has 0 aliphatic carbocycles. The van der Waals surface area contributed by atoms with Crippen molar-refractivity contribution in [3.63, 3.8) is 0 Å². The molecular formula is C22H24Cl2N4O4. The molecule has 1 heterocycles. The van der Waals surface area contributed by atoms with Crippen LogP contribution in [0.3, 0.4) is 0 Å². The lowest BCUT2D eigenvalue weighted by molar-refractivity contribution is 0.0585. The summed E-state index contributed by atoms with van der Waals surface area (Å²) in [5.41, 5.74) is -0.471. The molecule has 0 bridgehead atoms. The smallest absolute Gasteiger partial charge is 0.415 e. The van der Waals surface area contributed by atoms with Crippen molar-refractivity contribution in [2.45, 2.75) is 46.1 Å². The van der Waals surface area contributed by atoms with E-state index < -0.39 is 17.5 Å². The summed E-state index contributed by atoms with van der Waals surface area (Å²) in [5.74, 6) is -0.696. The van der Waals surface area contributed by atoms with Gasteiger partial charge >= 0.3 is 6.09 Å². The second-order valence-corrected chi connectivity index (χ2v) is 9.22. The molecule has 0 unspecified atom stereocenters. The first-order chi connectivity index (χ1) is 14.8. The van der Waals surface area contributed by atoms with E-state index in [1.165, 1.54) is 25.2 Å². The van der Waals surface area contributed by atoms with E-state index in [1.54, 1.807) is 20.8 Å². The fraction of sp³-hybridized carbons (Fsp3) is 0.409. The zero-order valence-corrected chi connectivity index (χ0v) is 20.2. The van der Waals surface area contributed by atoms with Crippen molar-refractivity contribution >= 4 is 40.8 Å². The first-order valence-corrected chi connectivity index (χ1v) is 10.5. The Kier molecular flexibility index (Phi) is 7.70. The summed E-state index contributed by atoms with van der Waals surface area (Å²) in [7, 11) is 1.46. The van der Waals surface area contributed by atoms with Crippen molar-refractivity contribution in [3.05, 3.63) is 55.4 Å². The van der Waals surface area contributed by atoms with Crippen LogP contribution in [0.25, 0.3) is 0 Å².